The summed E-state index contributed by atoms with van der Waals surface area (Å²) in [5.41, 5.74) is 3.45. The largest absolute Gasteiger partial charge is 0.380 e. The van der Waals surface area contributed by atoms with Crippen molar-refractivity contribution in [3.63, 3.8) is 0 Å². The fourth-order valence-corrected chi connectivity index (χ4v) is 5.29. The molecular formula is C27H30N2O4S. The Bertz CT molecular complexity index is 1090. The zero-order chi connectivity index (χ0) is 23.9. The van der Waals surface area contributed by atoms with Gasteiger partial charge in [0.25, 0.3) is 11.8 Å². The summed E-state index contributed by atoms with van der Waals surface area (Å²) in [5.74, 6) is -1.35. The molecule has 1 fully saturated rings. The van der Waals surface area contributed by atoms with Gasteiger partial charge in [-0.05, 0) is 53.8 Å². The molecule has 0 saturated carbocycles. The van der Waals surface area contributed by atoms with Crippen molar-refractivity contribution in [2.24, 2.45) is 0 Å². The van der Waals surface area contributed by atoms with E-state index < -0.39 is 24.0 Å². The summed E-state index contributed by atoms with van der Waals surface area (Å²) < 4.78 is 0. The lowest BCUT2D eigenvalue weighted by molar-refractivity contribution is -0.153. The number of likely N-dealkylation sites (tertiary alicyclic amines) is 1. The van der Waals surface area contributed by atoms with Gasteiger partial charge in [0.15, 0.2) is 12.2 Å². The van der Waals surface area contributed by atoms with Crippen LogP contribution in [-0.4, -0.2) is 52.2 Å². The van der Waals surface area contributed by atoms with Crippen LogP contribution in [0.2, 0.25) is 0 Å². The van der Waals surface area contributed by atoms with E-state index in [2.05, 4.69) is 28.9 Å². The minimum atomic E-state index is -1.80. The lowest BCUT2D eigenvalue weighted by Crippen LogP contribution is -2.50. The van der Waals surface area contributed by atoms with Gasteiger partial charge < -0.3 is 20.4 Å². The molecule has 3 aromatic rings. The fourth-order valence-electron chi connectivity index (χ4n) is 4.40. The summed E-state index contributed by atoms with van der Waals surface area (Å²) in [7, 11) is 0. The van der Waals surface area contributed by atoms with E-state index in [0.717, 1.165) is 29.7 Å². The third-order valence-corrected chi connectivity index (χ3v) is 7.22. The molecular weight excluding hydrogens is 448 g/mol. The topological polar surface area (TPSA) is 89.9 Å². The normalized spacial score (nSPS) is 17.4. The fraction of sp³-hybridized carbons (Fsp3) is 0.333. The Balaban J connectivity index is 1.26. The molecule has 2 heterocycles. The number of benzene rings is 2. The molecule has 3 atom stereocenters. The maximum absolute atomic E-state index is 12.9. The van der Waals surface area contributed by atoms with Crippen molar-refractivity contribution in [1.82, 2.24) is 10.2 Å². The van der Waals surface area contributed by atoms with Crippen LogP contribution in [0.1, 0.15) is 40.5 Å². The summed E-state index contributed by atoms with van der Waals surface area (Å²) in [6, 6.07) is 21.8. The summed E-state index contributed by atoms with van der Waals surface area (Å²) in [4.78, 5) is 28.0. The zero-order valence-electron chi connectivity index (χ0n) is 19.0. The predicted molar refractivity (Wildman–Crippen MR) is 132 cm³/mol. The van der Waals surface area contributed by atoms with Crippen molar-refractivity contribution in [1.29, 1.82) is 0 Å². The highest BCUT2D eigenvalue weighted by Crippen LogP contribution is 2.32. The molecule has 3 N–H and O–H groups in total. The number of rotatable bonds is 9. The van der Waals surface area contributed by atoms with Gasteiger partial charge in [0, 0.05) is 18.0 Å². The van der Waals surface area contributed by atoms with E-state index in [9.17, 15) is 19.8 Å². The molecule has 0 radical (unpaired) electrons. The Hall–Kier alpha value is -3.00. The third-order valence-electron chi connectivity index (χ3n) is 6.17. The quantitative estimate of drug-likeness (QED) is 0.441. The van der Waals surface area contributed by atoms with Crippen LogP contribution in [0.25, 0.3) is 0 Å². The van der Waals surface area contributed by atoms with Gasteiger partial charge in [-0.1, -0.05) is 60.7 Å². The van der Waals surface area contributed by atoms with E-state index >= 15 is 0 Å². The van der Waals surface area contributed by atoms with Crippen molar-refractivity contribution in [2.75, 3.05) is 13.1 Å². The smallest absolute Gasteiger partial charge is 0.255 e. The molecule has 178 valence electrons. The minimum absolute atomic E-state index is 0.150. The first-order chi connectivity index (χ1) is 16.5. The molecule has 2 amide bonds. The van der Waals surface area contributed by atoms with Gasteiger partial charge in [0.2, 0.25) is 0 Å². The van der Waals surface area contributed by atoms with Gasteiger partial charge in [0.1, 0.15) is 0 Å². The standard InChI is InChI=1S/C27H30N2O4S/c30-24(25(31)27(33)29-15-7-12-23(29)21-10-5-2-6-11-21)26(32)28-14-13-22-17-20(18-34-22)16-19-8-3-1-4-9-19/h1-6,8-11,17-18,23-25,30-31H,7,12-16H2,(H,28,32)/t23-,24-,25-/m1/s1. The molecule has 0 unspecified atom stereocenters. The van der Waals surface area contributed by atoms with Gasteiger partial charge >= 0.3 is 0 Å². The van der Waals surface area contributed by atoms with Crippen LogP contribution in [-0.2, 0) is 22.4 Å². The van der Waals surface area contributed by atoms with Gasteiger partial charge in [-0.2, -0.15) is 0 Å². The lowest BCUT2D eigenvalue weighted by Gasteiger charge is -2.28. The Labute approximate surface area is 203 Å². The first-order valence-corrected chi connectivity index (χ1v) is 12.5. The maximum Gasteiger partial charge on any atom is 0.255 e. The van der Waals surface area contributed by atoms with Crippen LogP contribution in [0.4, 0.5) is 0 Å². The van der Waals surface area contributed by atoms with E-state index in [4.69, 9.17) is 0 Å². The van der Waals surface area contributed by atoms with Crippen molar-refractivity contribution in [3.05, 3.63) is 93.7 Å². The number of thiophene rings is 1. The molecule has 0 spiro atoms. The van der Waals surface area contributed by atoms with E-state index in [1.54, 1.807) is 16.2 Å². The summed E-state index contributed by atoms with van der Waals surface area (Å²) in [6.45, 7) is 0.811. The first kappa shape index (κ1) is 24.1. The first-order valence-electron chi connectivity index (χ1n) is 11.6. The SMILES string of the molecule is O=C(NCCc1cc(Cc2ccccc2)cs1)[C@H](O)[C@@H](O)C(=O)N1CCC[C@@H]1c1ccccc1. The van der Waals surface area contributed by atoms with Crippen molar-refractivity contribution in [2.45, 2.75) is 43.9 Å². The number of hydrogen-bond acceptors (Lipinski definition) is 5. The average molecular weight is 479 g/mol. The van der Waals surface area contributed by atoms with E-state index in [-0.39, 0.29) is 6.04 Å². The molecule has 0 bridgehead atoms. The van der Waals surface area contributed by atoms with Gasteiger partial charge in [-0.3, -0.25) is 9.59 Å². The minimum Gasteiger partial charge on any atom is -0.380 e. The maximum atomic E-state index is 12.9. The lowest BCUT2D eigenvalue weighted by atomic mass is 10.0. The van der Waals surface area contributed by atoms with Crippen molar-refractivity contribution < 1.29 is 19.8 Å². The van der Waals surface area contributed by atoms with Crippen LogP contribution in [0.15, 0.2) is 72.1 Å². The highest BCUT2D eigenvalue weighted by molar-refractivity contribution is 7.10. The van der Waals surface area contributed by atoms with Gasteiger partial charge in [-0.15, -0.1) is 11.3 Å². The molecule has 1 saturated heterocycles. The van der Waals surface area contributed by atoms with Gasteiger partial charge in [-0.25, -0.2) is 0 Å². The molecule has 0 aliphatic carbocycles. The van der Waals surface area contributed by atoms with Crippen LogP contribution in [0, 0.1) is 0 Å². The van der Waals surface area contributed by atoms with E-state index in [1.807, 2.05) is 48.5 Å². The number of nitrogens with zero attached hydrogens (tertiary/aromatic N) is 1. The van der Waals surface area contributed by atoms with Crippen molar-refractivity contribution >= 4 is 23.2 Å². The Morgan fingerprint density at radius 3 is 2.44 bits per heavy atom. The Kier molecular flexibility index (Phi) is 8.11. The van der Waals surface area contributed by atoms with Crippen LogP contribution in [0.3, 0.4) is 0 Å². The highest BCUT2D eigenvalue weighted by atomic mass is 32.1. The number of hydrogen-bond donors (Lipinski definition) is 3. The van der Waals surface area contributed by atoms with E-state index in [1.165, 1.54) is 11.1 Å². The number of nitrogens with one attached hydrogen (secondary N) is 1. The second kappa shape index (κ2) is 11.4. The van der Waals surface area contributed by atoms with Crippen molar-refractivity contribution in [3.8, 4) is 0 Å². The predicted octanol–water partition coefficient (Wildman–Crippen LogP) is 3.08. The number of aliphatic hydroxyl groups excluding tert-OH is 2. The molecule has 2 aromatic carbocycles. The Morgan fingerprint density at radius 2 is 1.71 bits per heavy atom. The second-order valence-corrected chi connectivity index (χ2v) is 9.61. The molecule has 4 rings (SSSR count). The van der Waals surface area contributed by atoms with Crippen LogP contribution < -0.4 is 5.32 Å². The number of amides is 2. The van der Waals surface area contributed by atoms with Gasteiger partial charge in [0.05, 0.1) is 6.04 Å². The molecule has 1 aliphatic rings. The van der Waals surface area contributed by atoms with Crippen LogP contribution in [0.5, 0.6) is 0 Å². The van der Waals surface area contributed by atoms with E-state index in [0.29, 0.717) is 19.5 Å². The molecule has 7 heteroatoms. The van der Waals surface area contributed by atoms with Crippen LogP contribution >= 0.6 is 11.3 Å². The number of carbonyl (C=O) groups is 2. The molecule has 1 aliphatic heterocycles. The summed E-state index contributed by atoms with van der Waals surface area (Å²) in [6.07, 6.45) is -0.517. The summed E-state index contributed by atoms with van der Waals surface area (Å²) >= 11 is 1.63. The zero-order valence-corrected chi connectivity index (χ0v) is 19.8. The highest BCUT2D eigenvalue weighted by Gasteiger charge is 2.38. The molecule has 6 nitrogen and oxygen atoms in total. The molecule has 1 aromatic heterocycles. The number of aliphatic hydroxyl groups is 2. The summed E-state index contributed by atoms with van der Waals surface area (Å²) in [5, 5.41) is 25.5. The number of carbonyl (C=O) groups excluding carboxylic acids is 2. The monoisotopic (exact) mass is 478 g/mol. The average Bonchev–Trinajstić information content (AvgIpc) is 3.53. The Morgan fingerprint density at radius 1 is 1.00 bits per heavy atom. The molecule has 34 heavy (non-hydrogen) atoms. The second-order valence-electron chi connectivity index (χ2n) is 8.61. The third kappa shape index (κ3) is 5.91.